The third kappa shape index (κ3) is 11.2. The average molecular weight is 372 g/mol. The first-order valence-corrected chi connectivity index (χ1v) is 8.18. The van der Waals surface area contributed by atoms with Crippen molar-refractivity contribution in [3.05, 3.63) is 0 Å². The van der Waals surface area contributed by atoms with Crippen LogP contribution in [0.4, 0.5) is 0 Å². The van der Waals surface area contributed by atoms with Gasteiger partial charge in [-0.15, -0.1) is 0 Å². The molecule has 100 valence electrons. The molecule has 0 N–H and O–H groups in total. The zero-order chi connectivity index (χ0) is 12.9. The van der Waals surface area contributed by atoms with E-state index in [2.05, 4.69) is 16.8 Å². The van der Waals surface area contributed by atoms with Crippen LogP contribution in [0.5, 0.6) is 0 Å². The SMILES string of the molecule is CCC(C)CCCCOP(N=[IH])OCCC#N. The fraction of sp³-hybridized carbons (Fsp3) is 0.909. The van der Waals surface area contributed by atoms with Gasteiger partial charge in [0, 0.05) is 0 Å². The molecule has 0 aromatic rings. The number of unbranched alkanes of at least 4 members (excludes halogenated alkanes) is 1. The molecule has 0 saturated heterocycles. The first kappa shape index (κ1) is 17.4. The summed E-state index contributed by atoms with van der Waals surface area (Å²) >= 11 is 1.62. The molecule has 4 nitrogen and oxygen atoms in total. The molecule has 0 aliphatic heterocycles. The Morgan fingerprint density at radius 1 is 1.35 bits per heavy atom. The predicted octanol–water partition coefficient (Wildman–Crippen LogP) is 4.73. The topological polar surface area (TPSA) is 54.6 Å². The molecule has 0 fully saturated rings. The molecule has 17 heavy (non-hydrogen) atoms. The maximum absolute atomic E-state index is 8.38. The number of halogens is 1. The quantitative estimate of drug-likeness (QED) is 0.299. The molecule has 0 radical (unpaired) electrons. The fourth-order valence-electron chi connectivity index (χ4n) is 1.20. The van der Waals surface area contributed by atoms with Gasteiger partial charge >= 0.3 is 8.53 Å². The summed E-state index contributed by atoms with van der Waals surface area (Å²) in [5.74, 6) is 0.805. The van der Waals surface area contributed by atoms with Crippen molar-refractivity contribution in [3.8, 4) is 6.07 Å². The van der Waals surface area contributed by atoms with Crippen molar-refractivity contribution in [2.24, 2.45) is 8.83 Å². The van der Waals surface area contributed by atoms with Crippen LogP contribution in [0.2, 0.25) is 0 Å². The molecule has 0 aromatic carbocycles. The van der Waals surface area contributed by atoms with E-state index in [9.17, 15) is 0 Å². The van der Waals surface area contributed by atoms with E-state index in [1.54, 1.807) is 22.4 Å². The van der Waals surface area contributed by atoms with Crippen LogP contribution in [0.3, 0.4) is 0 Å². The van der Waals surface area contributed by atoms with Gasteiger partial charge in [-0.3, -0.25) is 0 Å². The highest BCUT2D eigenvalue weighted by Gasteiger charge is 2.07. The van der Waals surface area contributed by atoms with Crippen molar-refractivity contribution in [1.82, 2.24) is 0 Å². The largest absolute Gasteiger partial charge is 0.316 e. The van der Waals surface area contributed by atoms with E-state index in [1.807, 2.05) is 6.07 Å². The van der Waals surface area contributed by atoms with Crippen molar-refractivity contribution in [2.45, 2.75) is 46.0 Å². The van der Waals surface area contributed by atoms with Crippen LogP contribution >= 0.6 is 30.9 Å². The second-order valence-corrected chi connectivity index (χ2v) is 6.46. The van der Waals surface area contributed by atoms with Gasteiger partial charge in [0.1, 0.15) is 0 Å². The maximum atomic E-state index is 8.38. The highest BCUT2D eigenvalue weighted by Crippen LogP contribution is 2.41. The summed E-state index contributed by atoms with van der Waals surface area (Å²) in [7, 11) is -1.13. The summed E-state index contributed by atoms with van der Waals surface area (Å²) in [5, 5.41) is 8.38. The van der Waals surface area contributed by atoms with Crippen molar-refractivity contribution in [2.75, 3.05) is 13.2 Å². The smallest absolute Gasteiger partial charge is 0.314 e. The Hall–Kier alpha value is 0.370. The van der Waals surface area contributed by atoms with Crippen LogP contribution < -0.4 is 0 Å². The van der Waals surface area contributed by atoms with E-state index in [-0.39, 0.29) is 0 Å². The molecule has 0 aliphatic rings. The molecule has 2 unspecified atom stereocenters. The third-order valence-electron chi connectivity index (χ3n) is 2.47. The van der Waals surface area contributed by atoms with E-state index < -0.39 is 8.53 Å². The number of hydrogen-bond acceptors (Lipinski definition) is 4. The van der Waals surface area contributed by atoms with Crippen molar-refractivity contribution in [1.29, 1.82) is 5.26 Å². The lowest BCUT2D eigenvalue weighted by atomic mass is 10.0. The molecule has 2 atom stereocenters. The second kappa shape index (κ2) is 12.8. The zero-order valence-corrected chi connectivity index (χ0v) is 13.8. The van der Waals surface area contributed by atoms with Crippen LogP contribution in [0.25, 0.3) is 0 Å². The minimum Gasteiger partial charge on any atom is -0.316 e. The standard InChI is InChI=1S/C11H22IN2O2P/c1-3-11(2)7-4-5-9-15-17(14-12)16-10-6-8-13/h11-12H,3-7,9-10H2,1-2H3. The maximum Gasteiger partial charge on any atom is 0.314 e. The number of rotatable bonds is 11. The van der Waals surface area contributed by atoms with Gasteiger partial charge in [0.05, 0.1) is 25.7 Å². The molecule has 0 aliphatic carbocycles. The van der Waals surface area contributed by atoms with Gasteiger partial charge in [-0.1, -0.05) is 33.1 Å². The zero-order valence-electron chi connectivity index (χ0n) is 10.6. The van der Waals surface area contributed by atoms with Crippen LogP contribution in [0, 0.1) is 17.2 Å². The van der Waals surface area contributed by atoms with Gasteiger partial charge in [-0.05, 0) is 34.8 Å². The second-order valence-electron chi connectivity index (χ2n) is 3.90. The van der Waals surface area contributed by atoms with Crippen molar-refractivity contribution in [3.63, 3.8) is 0 Å². The van der Waals surface area contributed by atoms with Gasteiger partial charge in [0.2, 0.25) is 0 Å². The molecule has 0 bridgehead atoms. The minimum atomic E-state index is -1.13. The van der Waals surface area contributed by atoms with Gasteiger partial charge in [0.15, 0.2) is 0 Å². The first-order valence-electron chi connectivity index (χ1n) is 6.00. The lowest BCUT2D eigenvalue weighted by Gasteiger charge is -2.11. The summed E-state index contributed by atoms with van der Waals surface area (Å²) in [4.78, 5) is 0. The van der Waals surface area contributed by atoms with E-state index in [1.165, 1.54) is 19.3 Å². The highest BCUT2D eigenvalue weighted by atomic mass is 127. The van der Waals surface area contributed by atoms with Gasteiger partial charge < -0.3 is 9.05 Å². The first-order chi connectivity index (χ1) is 8.24. The Kier molecular flexibility index (Phi) is 13.1. The number of nitriles is 1. The molecule has 0 spiro atoms. The van der Waals surface area contributed by atoms with Gasteiger partial charge in [-0.2, -0.15) is 8.18 Å². The summed E-state index contributed by atoms with van der Waals surface area (Å²) in [6, 6.07) is 2.03. The van der Waals surface area contributed by atoms with E-state index in [0.29, 0.717) is 19.6 Å². The Balaban J connectivity index is 3.43. The highest BCUT2D eigenvalue weighted by molar-refractivity contribution is 14.1. The van der Waals surface area contributed by atoms with E-state index >= 15 is 0 Å². The molecular formula is C11H22IN2O2P. The van der Waals surface area contributed by atoms with Crippen LogP contribution in [0.15, 0.2) is 2.92 Å². The lowest BCUT2D eigenvalue weighted by molar-refractivity contribution is 0.248. The molecule has 0 rings (SSSR count). The monoisotopic (exact) mass is 372 g/mol. The molecule has 0 aromatic heterocycles. The Morgan fingerprint density at radius 2 is 2.06 bits per heavy atom. The van der Waals surface area contributed by atoms with E-state index in [4.69, 9.17) is 14.3 Å². The van der Waals surface area contributed by atoms with E-state index in [0.717, 1.165) is 12.3 Å². The summed E-state index contributed by atoms with van der Waals surface area (Å²) < 4.78 is 14.9. The minimum absolute atomic E-state index is 0.396. The third-order valence-corrected chi connectivity index (χ3v) is 4.55. The molecule has 0 amide bonds. The normalized spacial score (nSPS) is 14.0. The average Bonchev–Trinajstić information content (AvgIpc) is 2.36. The Labute approximate surface area is 119 Å². The van der Waals surface area contributed by atoms with Gasteiger partial charge in [0.25, 0.3) is 0 Å². The van der Waals surface area contributed by atoms with Gasteiger partial charge in [-0.25, -0.2) is 0 Å². The number of nitrogens with zero attached hydrogens (tertiary/aromatic N) is 2. The molecule has 0 heterocycles. The Morgan fingerprint density at radius 3 is 2.65 bits per heavy atom. The summed E-state index contributed by atoms with van der Waals surface area (Å²) in [6.45, 7) is 5.61. The lowest BCUT2D eigenvalue weighted by Crippen LogP contribution is -1.96. The van der Waals surface area contributed by atoms with Crippen molar-refractivity contribution < 1.29 is 9.05 Å². The molecule has 6 heteroatoms. The predicted molar refractivity (Wildman–Crippen MR) is 80.2 cm³/mol. The van der Waals surface area contributed by atoms with Crippen LogP contribution in [0.1, 0.15) is 46.0 Å². The molecule has 0 saturated carbocycles. The van der Waals surface area contributed by atoms with Crippen LogP contribution in [-0.4, -0.2) is 13.2 Å². The summed E-state index contributed by atoms with van der Waals surface area (Å²) in [5.41, 5.74) is 0. The van der Waals surface area contributed by atoms with Crippen LogP contribution in [-0.2, 0) is 9.05 Å². The fourth-order valence-corrected chi connectivity index (χ4v) is 2.70. The summed E-state index contributed by atoms with van der Waals surface area (Å²) in [6.07, 6.45) is 5.15. The van der Waals surface area contributed by atoms with Crippen molar-refractivity contribution >= 4 is 30.9 Å². The number of hydrogen-bond donors (Lipinski definition) is 0. The molecular weight excluding hydrogens is 350 g/mol. The Bertz CT molecular complexity index is 236.